The van der Waals surface area contributed by atoms with E-state index >= 15 is 0 Å². The van der Waals surface area contributed by atoms with Crippen molar-refractivity contribution in [1.82, 2.24) is 39.9 Å². The van der Waals surface area contributed by atoms with Crippen LogP contribution in [-0.4, -0.2) is 39.9 Å². The number of nitrogens with one attached hydrogen (secondary N) is 4. The molecule has 0 saturated heterocycles. The minimum atomic E-state index is 0.760. The van der Waals surface area contributed by atoms with Crippen LogP contribution in [0.15, 0.2) is 206 Å². The highest BCUT2D eigenvalue weighted by molar-refractivity contribution is 6.21. The van der Waals surface area contributed by atoms with Gasteiger partial charge in [0.2, 0.25) is 0 Å². The first-order valence-electron chi connectivity index (χ1n) is 31.2. The number of hydrogen-bond acceptors (Lipinski definition) is 4. The molecule has 8 heteroatoms. The summed E-state index contributed by atoms with van der Waals surface area (Å²) in [5, 5.41) is 0. The topological polar surface area (TPSA) is 115 Å². The van der Waals surface area contributed by atoms with Crippen LogP contribution in [0.1, 0.15) is 101 Å². The number of aromatic nitrogens is 8. The molecule has 0 atom stereocenters. The Morgan fingerprint density at radius 1 is 0.283 bits per heavy atom. The number of benzene rings is 6. The second-order valence-electron chi connectivity index (χ2n) is 24.2. The van der Waals surface area contributed by atoms with Gasteiger partial charge in [0.1, 0.15) is 0 Å². The number of nitrogens with zero attached hydrogens (tertiary/aromatic N) is 4. The molecule has 434 valence electrons. The first-order chi connectivity index (χ1) is 45.2. The molecule has 0 radical (unpaired) electrons. The third kappa shape index (κ3) is 9.50. The third-order valence-electron chi connectivity index (χ3n) is 18.0. The van der Waals surface area contributed by atoms with Gasteiger partial charge < -0.3 is 19.9 Å². The van der Waals surface area contributed by atoms with Gasteiger partial charge in [-0.15, -0.1) is 0 Å². The molecule has 4 N–H and O–H groups in total. The van der Waals surface area contributed by atoms with Crippen LogP contribution >= 0.6 is 0 Å². The van der Waals surface area contributed by atoms with Crippen LogP contribution in [0.3, 0.4) is 0 Å². The Morgan fingerprint density at radius 3 is 1.25 bits per heavy atom. The summed E-state index contributed by atoms with van der Waals surface area (Å²) in [6.07, 6.45) is 17.2. The van der Waals surface area contributed by atoms with Gasteiger partial charge in [0.05, 0.1) is 62.1 Å². The van der Waals surface area contributed by atoms with Crippen LogP contribution in [0.5, 0.6) is 0 Å². The minimum Gasteiger partial charge on any atom is -0.355 e. The summed E-state index contributed by atoms with van der Waals surface area (Å²) < 4.78 is 0. The highest BCUT2D eigenvalue weighted by atomic mass is 14.8. The predicted octanol–water partition coefficient (Wildman–Crippen LogP) is 20.2. The van der Waals surface area contributed by atoms with E-state index in [4.69, 9.17) is 19.9 Å². The van der Waals surface area contributed by atoms with Gasteiger partial charge in [-0.25, -0.2) is 19.9 Å². The molecule has 4 aliphatic heterocycles. The van der Waals surface area contributed by atoms with Crippen molar-refractivity contribution < 1.29 is 0 Å². The number of H-pyrrole nitrogens is 4. The maximum Gasteiger partial charge on any atom is 0.0815 e. The Labute approximate surface area is 532 Å². The number of aryl methyl sites for hydroxylation is 4. The molecule has 0 spiro atoms. The van der Waals surface area contributed by atoms with Crippen molar-refractivity contribution in [1.29, 1.82) is 0 Å². The van der Waals surface area contributed by atoms with E-state index in [1.165, 1.54) is 22.3 Å². The van der Waals surface area contributed by atoms with Gasteiger partial charge in [-0.2, -0.15) is 0 Å². The number of rotatable bonds is 6. The lowest BCUT2D eigenvalue weighted by Crippen LogP contribution is -1.98. The zero-order valence-corrected chi connectivity index (χ0v) is 51.0. The summed E-state index contributed by atoms with van der Waals surface area (Å²) in [5.41, 5.74) is 34.2. The molecule has 6 aromatic carbocycles. The van der Waals surface area contributed by atoms with Crippen molar-refractivity contribution in [2.24, 2.45) is 0 Å². The van der Waals surface area contributed by atoms with Crippen molar-refractivity contribution in [3.05, 3.63) is 307 Å². The Hall–Kier alpha value is -12.2. The van der Waals surface area contributed by atoms with Crippen molar-refractivity contribution >= 4 is 104 Å². The van der Waals surface area contributed by atoms with Crippen LogP contribution in [-0.2, 0) is 0 Å². The first-order valence-corrected chi connectivity index (χ1v) is 31.2. The summed E-state index contributed by atoms with van der Waals surface area (Å²) >= 11 is 0. The molecule has 92 heavy (non-hydrogen) atoms. The summed E-state index contributed by atoms with van der Waals surface area (Å²) in [6, 6.07) is 73.4. The predicted molar refractivity (Wildman–Crippen MR) is 382 cm³/mol. The lowest BCUT2D eigenvalue weighted by atomic mass is 9.90. The molecule has 16 bridgehead atoms. The van der Waals surface area contributed by atoms with E-state index in [0.29, 0.717) is 0 Å². The van der Waals surface area contributed by atoms with E-state index in [9.17, 15) is 0 Å². The first kappa shape index (κ1) is 54.0. The lowest BCUT2D eigenvalue weighted by molar-refractivity contribution is 1.28. The molecule has 6 aromatic heterocycles. The molecule has 0 unspecified atom stereocenters. The van der Waals surface area contributed by atoms with Crippen LogP contribution in [0.4, 0.5) is 0 Å². The number of fused-ring (bicyclic) bond motifs is 16. The largest absolute Gasteiger partial charge is 0.355 e. The van der Waals surface area contributed by atoms with Crippen molar-refractivity contribution in [3.63, 3.8) is 0 Å². The fourth-order valence-corrected chi connectivity index (χ4v) is 13.4. The fourth-order valence-electron chi connectivity index (χ4n) is 13.4. The molecule has 5 aliphatic rings. The van der Waals surface area contributed by atoms with Gasteiger partial charge in [-0.05, 0) is 170 Å². The van der Waals surface area contributed by atoms with E-state index < -0.39 is 0 Å². The van der Waals surface area contributed by atoms with Gasteiger partial charge in [0, 0.05) is 83.2 Å². The Morgan fingerprint density at radius 2 is 0.696 bits per heavy atom. The van der Waals surface area contributed by atoms with Gasteiger partial charge in [-0.1, -0.05) is 180 Å². The summed E-state index contributed by atoms with van der Waals surface area (Å²) in [7, 11) is 0. The average Bonchev–Trinajstić information content (AvgIpc) is 1.56. The zero-order chi connectivity index (χ0) is 61.6. The molecular weight excluding hydrogens is 1120 g/mol. The summed E-state index contributed by atoms with van der Waals surface area (Å²) in [6.45, 7) is 8.51. The number of hydrogen-bond donors (Lipinski definition) is 4. The molecule has 0 amide bonds. The van der Waals surface area contributed by atoms with Crippen LogP contribution in [0, 0.1) is 39.5 Å². The molecule has 10 heterocycles. The standard InChI is InChI=1S/C84H58N8/c1-49-15-24-55(25-16-49)77-65-35-32-59(85-65)47-60-33-36-66(86-60)78(56-26-17-50(2)18-27-56)69-42-45-73(90-69)81(72-44-41-68(77)89-72)83-76(54-13-9-6-10-14-54)62-48-75-80(58-30-21-52(4)22-31-58)71-40-38-64(88-71)61(34-23-53-11-7-5-8-12-53)63-37-39-67(87-63)79(57-28-19-51(3)20-29-57)70-43-46-74(91-70)82(83)84(62)92-75/h5-22,24-33,35-48,85,87,90,92H,1-4H3. The quantitative estimate of drug-likeness (QED) is 0.124. The molecule has 0 fully saturated rings. The van der Waals surface area contributed by atoms with Crippen molar-refractivity contribution in [2.75, 3.05) is 0 Å². The highest BCUT2D eigenvalue weighted by Crippen LogP contribution is 2.51. The highest BCUT2D eigenvalue weighted by Gasteiger charge is 2.33. The molecule has 0 saturated carbocycles. The molecule has 12 aromatic rings. The molecule has 17 rings (SSSR count). The second kappa shape index (κ2) is 21.8. The van der Waals surface area contributed by atoms with Crippen LogP contribution < -0.4 is 0 Å². The number of aromatic amines is 4. The van der Waals surface area contributed by atoms with E-state index in [1.807, 2.05) is 30.3 Å². The molecule has 1 aliphatic carbocycles. The average molecular weight is 1180 g/mol. The van der Waals surface area contributed by atoms with Gasteiger partial charge in [0.15, 0.2) is 0 Å². The molecular formula is C84H58N8. The Bertz CT molecular complexity index is 5630. The maximum absolute atomic E-state index is 5.89. The summed E-state index contributed by atoms with van der Waals surface area (Å²) in [4.78, 5) is 38.6. The maximum atomic E-state index is 5.89. The SMILES string of the molecule is Cc1ccc(-c2c3nc(c(C4=C(c5ccccc5)c5cc6[nH]c5c4c4nc(c(-c5ccc(C)cc5)c5ccc([nH]5)c(C#Cc5ccccc5)c5nc(c6-c6ccc(C)cc6)C=C5)C=C4)c4ccc([nH]4)c(-c4ccc(C)cc4)c4nc(cc5ccc2[nH]5)C=C4)C=C3)cc1. The third-order valence-corrected chi connectivity index (χ3v) is 18.0. The Kier molecular flexibility index (Phi) is 12.8. The van der Waals surface area contributed by atoms with Crippen LogP contribution in [0.25, 0.3) is 148 Å². The summed E-state index contributed by atoms with van der Waals surface area (Å²) in [5.74, 6) is 7.09. The Balaban J connectivity index is 1.06. The second-order valence-corrected chi connectivity index (χ2v) is 24.2. The van der Waals surface area contributed by atoms with E-state index in [2.05, 4.69) is 284 Å². The fraction of sp³-hybridized carbons (Fsp3) is 0.0476. The van der Waals surface area contributed by atoms with Gasteiger partial charge in [0.25, 0.3) is 0 Å². The van der Waals surface area contributed by atoms with Crippen LogP contribution in [0.2, 0.25) is 0 Å². The van der Waals surface area contributed by atoms with E-state index in [1.54, 1.807) is 0 Å². The van der Waals surface area contributed by atoms with Gasteiger partial charge >= 0.3 is 0 Å². The lowest BCUT2D eigenvalue weighted by Gasteiger charge is -2.14. The molecule has 8 nitrogen and oxygen atoms in total. The monoisotopic (exact) mass is 1180 g/mol. The van der Waals surface area contributed by atoms with E-state index in [0.717, 1.165) is 179 Å². The minimum absolute atomic E-state index is 0.760. The van der Waals surface area contributed by atoms with Crippen molar-refractivity contribution in [2.45, 2.75) is 27.7 Å². The van der Waals surface area contributed by atoms with Gasteiger partial charge in [-0.3, -0.25) is 0 Å². The zero-order valence-electron chi connectivity index (χ0n) is 51.0. The van der Waals surface area contributed by atoms with E-state index in [-0.39, 0.29) is 0 Å². The van der Waals surface area contributed by atoms with Crippen molar-refractivity contribution in [3.8, 4) is 56.3 Å². The smallest absolute Gasteiger partial charge is 0.0815 e. The normalized spacial score (nSPS) is 12.7.